The molecule has 2 aliphatic rings. The van der Waals surface area contributed by atoms with Gasteiger partial charge >= 0.3 is 0 Å². The van der Waals surface area contributed by atoms with Crippen LogP contribution < -0.4 is 10.6 Å². The van der Waals surface area contributed by atoms with Gasteiger partial charge in [0.15, 0.2) is 5.96 Å². The number of nitrogens with one attached hydrogen (secondary N) is 2. The van der Waals surface area contributed by atoms with Crippen LogP contribution in [0, 0.1) is 6.92 Å². The third-order valence-corrected chi connectivity index (χ3v) is 7.39. The number of likely N-dealkylation sites (N-methyl/N-ethyl adjacent to an activating group) is 1. The number of morpholine rings is 1. The molecular weight excluding hydrogens is 525 g/mol. The zero-order valence-electron chi connectivity index (χ0n) is 19.5. The number of aliphatic imine (C=N–C) groups is 1. The molecule has 0 aromatic carbocycles. The van der Waals surface area contributed by atoms with Crippen molar-refractivity contribution in [2.45, 2.75) is 38.3 Å². The molecule has 0 saturated carbocycles. The molecule has 0 aliphatic carbocycles. The highest BCUT2D eigenvalue weighted by molar-refractivity contribution is 14.0. The molecule has 2 aliphatic heterocycles. The molecule has 9 heteroatoms. The van der Waals surface area contributed by atoms with Gasteiger partial charge in [-0.15, -0.1) is 35.3 Å². The summed E-state index contributed by atoms with van der Waals surface area (Å²) in [6.45, 7) is 12.0. The maximum Gasteiger partial charge on any atom is 0.191 e. The number of hydrogen-bond donors (Lipinski definition) is 2. The van der Waals surface area contributed by atoms with Crippen LogP contribution in [0.1, 0.15) is 35.6 Å². The minimum atomic E-state index is 0. The van der Waals surface area contributed by atoms with Crippen molar-refractivity contribution in [3.8, 4) is 0 Å². The minimum Gasteiger partial charge on any atom is -0.381 e. The molecule has 1 atom stereocenters. The lowest BCUT2D eigenvalue weighted by molar-refractivity contribution is -0.00257. The van der Waals surface area contributed by atoms with Crippen molar-refractivity contribution < 1.29 is 9.47 Å². The van der Waals surface area contributed by atoms with Gasteiger partial charge in [-0.2, -0.15) is 0 Å². The fraction of sp³-hybridized carbons (Fsp3) is 0.773. The number of rotatable bonds is 8. The van der Waals surface area contributed by atoms with Gasteiger partial charge in [0.25, 0.3) is 0 Å². The van der Waals surface area contributed by atoms with Crippen LogP contribution in [0.25, 0.3) is 0 Å². The fourth-order valence-electron chi connectivity index (χ4n) is 4.19. The van der Waals surface area contributed by atoms with Crippen LogP contribution in [0.2, 0.25) is 0 Å². The second-order valence-corrected chi connectivity index (χ2v) is 9.74. The van der Waals surface area contributed by atoms with E-state index in [1.165, 1.54) is 9.75 Å². The van der Waals surface area contributed by atoms with Gasteiger partial charge in [-0.1, -0.05) is 0 Å². The van der Waals surface area contributed by atoms with Gasteiger partial charge in [-0.3, -0.25) is 9.89 Å². The quantitative estimate of drug-likeness (QED) is 0.287. The Labute approximate surface area is 209 Å². The fourth-order valence-corrected chi connectivity index (χ4v) is 5.20. The predicted octanol–water partition coefficient (Wildman–Crippen LogP) is 2.71. The van der Waals surface area contributed by atoms with Crippen molar-refractivity contribution in [1.82, 2.24) is 20.4 Å². The van der Waals surface area contributed by atoms with Gasteiger partial charge in [0.2, 0.25) is 0 Å². The minimum absolute atomic E-state index is 0. The Hall–Kier alpha value is -0.460. The zero-order chi connectivity index (χ0) is 21.4. The highest BCUT2D eigenvalue weighted by Crippen LogP contribution is 2.28. The van der Waals surface area contributed by atoms with E-state index in [-0.39, 0.29) is 29.5 Å². The number of nitrogens with zero attached hydrogens (tertiary/aromatic N) is 3. The van der Waals surface area contributed by atoms with Crippen molar-refractivity contribution in [1.29, 1.82) is 0 Å². The summed E-state index contributed by atoms with van der Waals surface area (Å²) in [6, 6.07) is 4.83. The van der Waals surface area contributed by atoms with Crippen molar-refractivity contribution in [3.63, 3.8) is 0 Å². The molecule has 3 heterocycles. The second-order valence-electron chi connectivity index (χ2n) is 8.42. The summed E-state index contributed by atoms with van der Waals surface area (Å²) in [6.07, 6.45) is 2.04. The Morgan fingerprint density at radius 2 is 1.84 bits per heavy atom. The van der Waals surface area contributed by atoms with Crippen molar-refractivity contribution in [2.24, 2.45) is 4.99 Å². The largest absolute Gasteiger partial charge is 0.381 e. The Bertz CT molecular complexity index is 673. The van der Waals surface area contributed by atoms with E-state index in [0.29, 0.717) is 6.04 Å². The topological polar surface area (TPSA) is 61.4 Å². The first kappa shape index (κ1) is 26.8. The number of hydrogen-bond acceptors (Lipinski definition) is 6. The average Bonchev–Trinajstić information content (AvgIpc) is 3.19. The molecule has 178 valence electrons. The molecule has 0 spiro atoms. The van der Waals surface area contributed by atoms with Crippen LogP contribution in [0.4, 0.5) is 0 Å². The number of ether oxygens (including phenoxy) is 2. The second kappa shape index (κ2) is 13.3. The molecule has 2 fully saturated rings. The van der Waals surface area contributed by atoms with Crippen LogP contribution in [-0.4, -0.2) is 94.5 Å². The van der Waals surface area contributed by atoms with Gasteiger partial charge in [0.1, 0.15) is 0 Å². The van der Waals surface area contributed by atoms with Gasteiger partial charge in [0, 0.05) is 54.7 Å². The van der Waals surface area contributed by atoms with Crippen LogP contribution in [-0.2, 0) is 9.47 Å². The van der Waals surface area contributed by atoms with E-state index in [2.05, 4.69) is 60.5 Å². The van der Waals surface area contributed by atoms with E-state index in [1.807, 2.05) is 11.3 Å². The third-order valence-electron chi connectivity index (χ3n) is 6.29. The van der Waals surface area contributed by atoms with Crippen LogP contribution >= 0.6 is 35.3 Å². The highest BCUT2D eigenvalue weighted by Gasteiger charge is 2.34. The molecule has 3 rings (SSSR count). The van der Waals surface area contributed by atoms with Crippen LogP contribution in [0.15, 0.2) is 17.1 Å². The normalized spacial score (nSPS) is 20.9. The molecule has 0 radical (unpaired) electrons. The van der Waals surface area contributed by atoms with Crippen LogP contribution in [0.5, 0.6) is 0 Å². The van der Waals surface area contributed by atoms with E-state index >= 15 is 0 Å². The lowest BCUT2D eigenvalue weighted by Gasteiger charge is -2.41. The van der Waals surface area contributed by atoms with Crippen molar-refractivity contribution in [3.05, 3.63) is 21.9 Å². The van der Waals surface area contributed by atoms with Gasteiger partial charge < -0.3 is 25.0 Å². The summed E-state index contributed by atoms with van der Waals surface area (Å²) in [4.78, 5) is 12.6. The molecule has 2 N–H and O–H groups in total. The zero-order valence-corrected chi connectivity index (χ0v) is 22.6. The molecule has 1 aromatic rings. The van der Waals surface area contributed by atoms with Crippen molar-refractivity contribution >= 4 is 41.3 Å². The SMILES string of the molecule is CCNC(=NCC1(N(C)C)CCOCC1)NCC(c1ccc(C)s1)N1CCOCC1.I. The number of thiophene rings is 1. The number of halogens is 1. The third kappa shape index (κ3) is 7.53. The van der Waals surface area contributed by atoms with E-state index in [1.54, 1.807) is 0 Å². The lowest BCUT2D eigenvalue weighted by atomic mass is 9.89. The molecule has 1 aromatic heterocycles. The van der Waals surface area contributed by atoms with Gasteiger partial charge in [0.05, 0.1) is 25.8 Å². The standard InChI is InChI=1S/C22H39N5O2S.HI/c1-5-23-21(25-17-22(26(3)4)8-12-28-13-9-22)24-16-19(20-7-6-18(2)30-20)27-10-14-29-15-11-27;/h6-7,19H,5,8-17H2,1-4H3,(H2,23,24,25);1H. The van der Waals surface area contributed by atoms with E-state index in [9.17, 15) is 0 Å². The Morgan fingerprint density at radius 3 is 2.42 bits per heavy atom. The van der Waals surface area contributed by atoms with Crippen LogP contribution in [0.3, 0.4) is 0 Å². The molecular formula is C22H40IN5O2S. The summed E-state index contributed by atoms with van der Waals surface area (Å²) in [5.41, 5.74) is 0.0784. The molecule has 0 bridgehead atoms. The first-order chi connectivity index (χ1) is 14.5. The first-order valence-corrected chi connectivity index (χ1v) is 12.0. The highest BCUT2D eigenvalue weighted by atomic mass is 127. The van der Waals surface area contributed by atoms with Gasteiger partial charge in [-0.05, 0) is 52.9 Å². The molecule has 7 nitrogen and oxygen atoms in total. The Morgan fingerprint density at radius 1 is 1.16 bits per heavy atom. The molecule has 31 heavy (non-hydrogen) atoms. The maximum atomic E-state index is 5.61. The Balaban J connectivity index is 0.00000341. The number of guanidine groups is 1. The first-order valence-electron chi connectivity index (χ1n) is 11.2. The molecule has 1 unspecified atom stereocenters. The summed E-state index contributed by atoms with van der Waals surface area (Å²) < 4.78 is 11.2. The summed E-state index contributed by atoms with van der Waals surface area (Å²) in [5, 5.41) is 7.08. The Kier molecular flexibility index (Phi) is 11.5. The molecule has 0 amide bonds. The number of aryl methyl sites for hydroxylation is 1. The van der Waals surface area contributed by atoms with E-state index in [0.717, 1.165) is 78.0 Å². The summed E-state index contributed by atoms with van der Waals surface area (Å²) in [7, 11) is 4.32. The average molecular weight is 566 g/mol. The van der Waals surface area contributed by atoms with Gasteiger partial charge in [-0.25, -0.2) is 0 Å². The molecule has 2 saturated heterocycles. The predicted molar refractivity (Wildman–Crippen MR) is 140 cm³/mol. The van der Waals surface area contributed by atoms with E-state index < -0.39 is 0 Å². The monoisotopic (exact) mass is 565 g/mol. The summed E-state index contributed by atoms with van der Waals surface area (Å²) in [5.74, 6) is 0.900. The lowest BCUT2D eigenvalue weighted by Crippen LogP contribution is -2.52. The maximum absolute atomic E-state index is 5.61. The smallest absolute Gasteiger partial charge is 0.191 e. The van der Waals surface area contributed by atoms with E-state index in [4.69, 9.17) is 14.5 Å². The van der Waals surface area contributed by atoms with Crippen molar-refractivity contribution in [2.75, 3.05) is 73.2 Å². The summed E-state index contributed by atoms with van der Waals surface area (Å²) >= 11 is 1.89.